The van der Waals surface area contributed by atoms with Gasteiger partial charge in [-0.3, -0.25) is 4.90 Å². The topological polar surface area (TPSA) is 149 Å². The largest absolute Gasteiger partial charge is 0.490 e. The Morgan fingerprint density at radius 3 is 2.47 bits per heavy atom. The minimum Gasteiger partial charge on any atom is -0.490 e. The van der Waals surface area contributed by atoms with Crippen molar-refractivity contribution in [1.29, 1.82) is 0 Å². The van der Waals surface area contributed by atoms with Gasteiger partial charge in [-0.05, 0) is 74.6 Å². The number of rotatable bonds is 25. The number of amides is 1. The number of ether oxygens (including phenoxy) is 5. The van der Waals surface area contributed by atoms with Gasteiger partial charge < -0.3 is 43.8 Å². The Labute approximate surface area is 314 Å². The molecule has 1 aliphatic heterocycles. The van der Waals surface area contributed by atoms with Gasteiger partial charge in [-0.15, -0.1) is 13.2 Å². The van der Waals surface area contributed by atoms with Crippen molar-refractivity contribution in [2.24, 2.45) is 22.9 Å². The Morgan fingerprint density at radius 2 is 1.77 bits per heavy atom. The fourth-order valence-corrected chi connectivity index (χ4v) is 8.05. The number of hydrogen-bond donors (Lipinski definition) is 3. The van der Waals surface area contributed by atoms with Crippen LogP contribution in [0, 0.1) is 17.8 Å². The van der Waals surface area contributed by atoms with E-state index in [1.165, 1.54) is 0 Å². The third-order valence-corrected chi connectivity index (χ3v) is 10.2. The number of oxime groups is 1. The second kappa shape index (κ2) is 21.9. The molecule has 0 spiro atoms. The summed E-state index contributed by atoms with van der Waals surface area (Å²) >= 11 is 0. The number of fused-ring (bicyclic) bond motifs is 2. The quantitative estimate of drug-likeness (QED) is 0.0626. The van der Waals surface area contributed by atoms with Gasteiger partial charge in [0.25, 0.3) is 0 Å². The number of hydrogen-bond acceptors (Lipinski definition) is 11. The highest BCUT2D eigenvalue weighted by molar-refractivity contribution is 6.02. The summed E-state index contributed by atoms with van der Waals surface area (Å²) < 4.78 is 31.7. The predicted molar refractivity (Wildman–Crippen MR) is 203 cm³/mol. The standard InChI is InChI=1S/C41H60N2O10/c1-5-9-24-50-40(47)43(18-25-48-26-21-46)37-29-35(42-52-8-4)33-27-30(14-10-12-19-44)32(15-11-13-20-45)38-34-28-31(49-22-6-2)16-17-36(34)53-41(37,39(33)38)51-23-7-3/h5-7,16-17,27-28,30,32,37-39,44-46H,1-3,8-15,18-26,29H2,4H3/t30-,32+,37-,38+,39+,41+/m0/s1. The van der Waals surface area contributed by atoms with Gasteiger partial charge in [0.1, 0.15) is 30.8 Å². The lowest BCUT2D eigenvalue weighted by Crippen LogP contribution is -2.70. The average Bonchev–Trinajstić information content (AvgIpc) is 3.17. The summed E-state index contributed by atoms with van der Waals surface area (Å²) in [6.07, 6.45) is 12.2. The molecule has 0 unspecified atom stereocenters. The molecule has 1 heterocycles. The van der Waals surface area contributed by atoms with Crippen LogP contribution in [0.2, 0.25) is 0 Å². The second-order valence-electron chi connectivity index (χ2n) is 13.5. The number of aliphatic hydroxyl groups is 3. The minimum absolute atomic E-state index is 0.0750. The number of unbranched alkanes of at least 4 members (excludes halogenated alkanes) is 2. The van der Waals surface area contributed by atoms with Crippen molar-refractivity contribution in [3.8, 4) is 11.5 Å². The van der Waals surface area contributed by atoms with Crippen molar-refractivity contribution < 1.29 is 48.6 Å². The fraction of sp³-hybridized carbons (Fsp3) is 0.610. The normalized spacial score (nSPS) is 24.9. The Balaban J connectivity index is 2.01. The van der Waals surface area contributed by atoms with Gasteiger partial charge in [-0.2, -0.15) is 0 Å². The first-order valence-electron chi connectivity index (χ1n) is 19.1. The van der Waals surface area contributed by atoms with Crippen molar-refractivity contribution in [2.75, 3.05) is 66.0 Å². The van der Waals surface area contributed by atoms with E-state index in [2.05, 4.69) is 25.8 Å². The maximum atomic E-state index is 14.1. The molecule has 1 fully saturated rings. The van der Waals surface area contributed by atoms with Crippen LogP contribution in [0.15, 0.2) is 73.0 Å². The first kappa shape index (κ1) is 42.1. The maximum absolute atomic E-state index is 14.1. The molecule has 12 nitrogen and oxygen atoms in total. The lowest BCUT2D eigenvalue weighted by molar-refractivity contribution is -0.256. The zero-order valence-corrected chi connectivity index (χ0v) is 31.4. The summed E-state index contributed by atoms with van der Waals surface area (Å²) in [7, 11) is 0. The Kier molecular flexibility index (Phi) is 17.4. The molecule has 1 saturated carbocycles. The van der Waals surface area contributed by atoms with Crippen LogP contribution in [0.4, 0.5) is 4.79 Å². The molecule has 12 heteroatoms. The van der Waals surface area contributed by atoms with Crippen molar-refractivity contribution in [3.05, 3.63) is 73.4 Å². The molecule has 294 valence electrons. The number of carbonyl (C=O) groups excluding carboxylic acids is 1. The molecule has 0 radical (unpaired) electrons. The van der Waals surface area contributed by atoms with Gasteiger partial charge in [-0.1, -0.05) is 48.9 Å². The predicted octanol–water partition coefficient (Wildman–Crippen LogP) is 5.93. The van der Waals surface area contributed by atoms with E-state index in [0.717, 1.165) is 36.8 Å². The number of benzene rings is 1. The lowest BCUT2D eigenvalue weighted by atomic mass is 9.55. The highest BCUT2D eigenvalue weighted by Gasteiger charge is 2.65. The van der Waals surface area contributed by atoms with E-state index in [-0.39, 0.29) is 77.0 Å². The van der Waals surface area contributed by atoms with Crippen molar-refractivity contribution in [2.45, 2.75) is 76.0 Å². The lowest BCUT2D eigenvalue weighted by Gasteiger charge is -2.59. The van der Waals surface area contributed by atoms with Crippen LogP contribution in [0.5, 0.6) is 11.5 Å². The van der Waals surface area contributed by atoms with Crippen molar-refractivity contribution >= 4 is 11.8 Å². The third-order valence-electron chi connectivity index (χ3n) is 10.2. The molecule has 1 aromatic carbocycles. The van der Waals surface area contributed by atoms with Crippen LogP contribution in [0.1, 0.15) is 69.8 Å². The minimum atomic E-state index is -1.42. The Morgan fingerprint density at radius 1 is 1.00 bits per heavy atom. The van der Waals surface area contributed by atoms with E-state index in [9.17, 15) is 20.1 Å². The Bertz CT molecular complexity index is 1400. The first-order chi connectivity index (χ1) is 25.9. The molecule has 1 aromatic rings. The average molecular weight is 741 g/mol. The van der Waals surface area contributed by atoms with Crippen LogP contribution in [-0.4, -0.2) is 110 Å². The number of allylic oxidation sites excluding steroid dienone is 1. The molecule has 3 aliphatic rings. The van der Waals surface area contributed by atoms with Gasteiger partial charge >= 0.3 is 6.09 Å². The van der Waals surface area contributed by atoms with Crippen molar-refractivity contribution in [3.63, 3.8) is 0 Å². The van der Waals surface area contributed by atoms with E-state index < -0.39 is 23.8 Å². The van der Waals surface area contributed by atoms with Crippen LogP contribution >= 0.6 is 0 Å². The molecule has 53 heavy (non-hydrogen) atoms. The molecule has 3 N–H and O–H groups in total. The SMILES string of the molecule is C=CCCOC(=O)N(CCOCCO)[C@H]1CC(=NOCC)C2=C[C@H](CCCCO)[C@@H](CCCCO)[C@@H]3c4cc(OCC=C)ccc4O[C@@]1(OCC=C)[C@H]23. The van der Waals surface area contributed by atoms with E-state index in [0.29, 0.717) is 49.7 Å². The summed E-state index contributed by atoms with van der Waals surface area (Å²) in [6.45, 7) is 14.8. The van der Waals surface area contributed by atoms with Crippen LogP contribution in [0.3, 0.4) is 0 Å². The summed E-state index contributed by atoms with van der Waals surface area (Å²) in [5.74, 6) is -0.594. The van der Waals surface area contributed by atoms with Gasteiger partial charge in [0, 0.05) is 37.7 Å². The smallest absolute Gasteiger partial charge is 0.410 e. The maximum Gasteiger partial charge on any atom is 0.410 e. The number of nitrogens with zero attached hydrogens (tertiary/aromatic N) is 2. The van der Waals surface area contributed by atoms with E-state index >= 15 is 0 Å². The molecule has 0 bridgehead atoms. The zero-order chi connectivity index (χ0) is 38.1. The van der Waals surface area contributed by atoms with E-state index in [1.807, 2.05) is 25.1 Å². The molecule has 6 atom stereocenters. The van der Waals surface area contributed by atoms with Crippen LogP contribution in [-0.2, 0) is 19.0 Å². The highest BCUT2D eigenvalue weighted by atomic mass is 16.7. The van der Waals surface area contributed by atoms with Crippen molar-refractivity contribution in [1.82, 2.24) is 4.90 Å². The van der Waals surface area contributed by atoms with Gasteiger partial charge in [0.2, 0.25) is 5.79 Å². The zero-order valence-electron chi connectivity index (χ0n) is 31.4. The molecule has 0 aromatic heterocycles. The fourth-order valence-electron chi connectivity index (χ4n) is 8.05. The molecule has 4 rings (SSSR count). The van der Waals surface area contributed by atoms with E-state index in [1.54, 1.807) is 23.1 Å². The summed E-state index contributed by atoms with van der Waals surface area (Å²) in [5.41, 5.74) is 2.59. The molecular weight excluding hydrogens is 680 g/mol. The molecule has 2 aliphatic carbocycles. The molecule has 0 saturated heterocycles. The first-order valence-corrected chi connectivity index (χ1v) is 19.1. The monoisotopic (exact) mass is 740 g/mol. The summed E-state index contributed by atoms with van der Waals surface area (Å²) in [4.78, 5) is 21.5. The Hall–Kier alpha value is -3.68. The van der Waals surface area contributed by atoms with Crippen LogP contribution < -0.4 is 9.47 Å². The summed E-state index contributed by atoms with van der Waals surface area (Å²) in [6, 6.07) is 5.06. The van der Waals surface area contributed by atoms with Gasteiger partial charge in [0.05, 0.1) is 44.7 Å². The second-order valence-corrected chi connectivity index (χ2v) is 13.5. The molecular formula is C41H60N2O10. The third kappa shape index (κ3) is 10.3. The number of aliphatic hydroxyl groups excluding tert-OH is 3. The van der Waals surface area contributed by atoms with E-state index in [4.69, 9.17) is 33.7 Å². The highest BCUT2D eigenvalue weighted by Crippen LogP contribution is 2.62. The molecule has 1 amide bonds. The number of carbonyl (C=O) groups is 1. The van der Waals surface area contributed by atoms with Gasteiger partial charge in [0.15, 0.2) is 0 Å². The van der Waals surface area contributed by atoms with Gasteiger partial charge in [-0.25, -0.2) is 4.79 Å². The summed E-state index contributed by atoms with van der Waals surface area (Å²) in [5, 5.41) is 33.7. The van der Waals surface area contributed by atoms with Crippen LogP contribution in [0.25, 0.3) is 0 Å².